The number of methoxy groups -OCH3 is 1. The Morgan fingerprint density at radius 2 is 2.04 bits per heavy atom. The van der Waals surface area contributed by atoms with Crippen molar-refractivity contribution in [2.24, 2.45) is 0 Å². The van der Waals surface area contributed by atoms with Crippen LogP contribution < -0.4 is 19.1 Å². The van der Waals surface area contributed by atoms with Crippen LogP contribution in [0.5, 0.6) is 17.2 Å². The summed E-state index contributed by atoms with van der Waals surface area (Å²) in [5, 5.41) is 0. The zero-order valence-corrected chi connectivity index (χ0v) is 13.9. The molecule has 4 heteroatoms. The Morgan fingerprint density at radius 3 is 2.83 bits per heavy atom. The van der Waals surface area contributed by atoms with Crippen molar-refractivity contribution in [2.45, 2.75) is 12.5 Å². The molecule has 4 rings (SSSR count). The average Bonchev–Trinajstić information content (AvgIpc) is 3.08. The highest BCUT2D eigenvalue weighted by Crippen LogP contribution is 2.47. The lowest BCUT2D eigenvalue weighted by molar-refractivity contribution is -0.905. The van der Waals surface area contributed by atoms with Gasteiger partial charge in [-0.3, -0.25) is 0 Å². The van der Waals surface area contributed by atoms with Gasteiger partial charge in [-0.2, -0.15) is 0 Å². The maximum atomic E-state index is 5.70. The van der Waals surface area contributed by atoms with Crippen molar-refractivity contribution in [2.75, 3.05) is 27.5 Å². The Hall–Kier alpha value is -2.64. The first-order valence-electron chi connectivity index (χ1n) is 8.16. The number of hydrogen-bond acceptors (Lipinski definition) is 3. The van der Waals surface area contributed by atoms with Crippen molar-refractivity contribution in [3.63, 3.8) is 0 Å². The topological polar surface area (TPSA) is 32.1 Å². The Morgan fingerprint density at radius 1 is 1.21 bits per heavy atom. The highest BCUT2D eigenvalue weighted by molar-refractivity contribution is 5.62. The number of ether oxygens (including phenoxy) is 3. The highest BCUT2D eigenvalue weighted by atomic mass is 16.7. The normalized spacial score (nSPS) is 20.8. The molecule has 0 spiro atoms. The summed E-state index contributed by atoms with van der Waals surface area (Å²) < 4.78 is 16.9. The zero-order chi connectivity index (χ0) is 16.5. The second-order valence-electron chi connectivity index (χ2n) is 6.13. The monoisotopic (exact) mass is 322 g/mol. The van der Waals surface area contributed by atoms with E-state index in [1.807, 2.05) is 30.3 Å². The summed E-state index contributed by atoms with van der Waals surface area (Å²) >= 11 is 0. The summed E-state index contributed by atoms with van der Waals surface area (Å²) in [5.74, 6) is 9.01. The van der Waals surface area contributed by atoms with Gasteiger partial charge >= 0.3 is 0 Å². The van der Waals surface area contributed by atoms with Crippen LogP contribution in [0.15, 0.2) is 36.4 Å². The van der Waals surface area contributed by atoms with Gasteiger partial charge in [-0.1, -0.05) is 24.1 Å². The van der Waals surface area contributed by atoms with Gasteiger partial charge in [-0.25, -0.2) is 0 Å². The molecule has 0 bridgehead atoms. The molecule has 0 amide bonds. The van der Waals surface area contributed by atoms with Gasteiger partial charge < -0.3 is 19.1 Å². The number of fused-ring (bicyclic) bond motifs is 2. The van der Waals surface area contributed by atoms with E-state index in [1.165, 1.54) is 10.5 Å². The Kier molecular flexibility index (Phi) is 3.79. The smallest absolute Gasteiger partial charge is 0.231 e. The summed E-state index contributed by atoms with van der Waals surface area (Å²) in [6.45, 7) is 1.28. The van der Waals surface area contributed by atoms with Gasteiger partial charge in [0.2, 0.25) is 12.5 Å². The maximum Gasteiger partial charge on any atom is 0.231 e. The Bertz CT molecular complexity index is 820. The molecule has 0 saturated heterocycles. The number of likely N-dealkylation sites (N-methyl/N-ethyl adjacent to an activating group) is 1. The number of quaternary nitrogens is 1. The minimum atomic E-state index is 0.0541. The zero-order valence-electron chi connectivity index (χ0n) is 13.9. The van der Waals surface area contributed by atoms with Crippen LogP contribution in [0.2, 0.25) is 0 Å². The van der Waals surface area contributed by atoms with E-state index in [0.29, 0.717) is 5.75 Å². The van der Waals surface area contributed by atoms with Gasteiger partial charge in [-0.05, 0) is 29.7 Å². The highest BCUT2D eigenvalue weighted by Gasteiger charge is 2.35. The molecule has 2 aliphatic rings. The Labute approximate surface area is 141 Å². The first-order valence-corrected chi connectivity index (χ1v) is 8.16. The van der Waals surface area contributed by atoms with Crippen molar-refractivity contribution >= 4 is 0 Å². The third-order valence-electron chi connectivity index (χ3n) is 4.65. The van der Waals surface area contributed by atoms with Gasteiger partial charge in [0.05, 0.1) is 26.3 Å². The van der Waals surface area contributed by atoms with E-state index >= 15 is 0 Å². The standard InChI is InChI=1S/C20H19NO3/c1-21-11-10-15-12-17-19(24-13-23-17)20(22-2)18(15)16(21)9-8-14-6-4-3-5-7-14/h3-7,12,16H,10-11,13H2,1-2H3/p+1/t16-/m0/s1. The molecule has 1 N–H and O–H groups in total. The van der Waals surface area contributed by atoms with E-state index in [0.717, 1.165) is 35.6 Å². The van der Waals surface area contributed by atoms with Gasteiger partial charge in [0.1, 0.15) is 0 Å². The van der Waals surface area contributed by atoms with Gasteiger partial charge in [-0.15, -0.1) is 0 Å². The van der Waals surface area contributed by atoms with E-state index < -0.39 is 0 Å². The second-order valence-corrected chi connectivity index (χ2v) is 6.13. The predicted molar refractivity (Wildman–Crippen MR) is 90.6 cm³/mol. The molecule has 0 aromatic heterocycles. The minimum absolute atomic E-state index is 0.0541. The molecular weight excluding hydrogens is 302 g/mol. The fourth-order valence-electron chi connectivity index (χ4n) is 3.40. The summed E-state index contributed by atoms with van der Waals surface area (Å²) in [7, 11) is 3.86. The summed E-state index contributed by atoms with van der Waals surface area (Å²) in [6, 6.07) is 12.2. The fourth-order valence-corrected chi connectivity index (χ4v) is 3.40. The van der Waals surface area contributed by atoms with Crippen molar-refractivity contribution in [1.82, 2.24) is 0 Å². The number of rotatable bonds is 1. The molecule has 2 aromatic rings. The van der Waals surface area contributed by atoms with Crippen molar-refractivity contribution < 1.29 is 19.1 Å². The molecule has 4 nitrogen and oxygen atoms in total. The Balaban J connectivity index is 1.82. The van der Waals surface area contributed by atoms with Crippen LogP contribution in [0.1, 0.15) is 22.7 Å². The molecule has 2 atom stereocenters. The molecule has 2 heterocycles. The minimum Gasteiger partial charge on any atom is -0.492 e. The third-order valence-corrected chi connectivity index (χ3v) is 4.65. The van der Waals surface area contributed by atoms with E-state index in [2.05, 4.69) is 25.0 Å². The first-order chi connectivity index (χ1) is 11.8. The summed E-state index contributed by atoms with van der Waals surface area (Å²) in [6.07, 6.45) is 0.984. The SMILES string of the molecule is COc1c2c(cc3c1[C@H](C#Cc1ccccc1)[NH+](C)CC3)OCO2. The predicted octanol–water partition coefficient (Wildman–Crippen LogP) is 1.59. The van der Waals surface area contributed by atoms with Gasteiger partial charge in [0.25, 0.3) is 0 Å². The molecule has 122 valence electrons. The van der Waals surface area contributed by atoms with Crippen molar-refractivity contribution in [3.05, 3.63) is 53.1 Å². The van der Waals surface area contributed by atoms with Crippen LogP contribution in [0, 0.1) is 11.8 Å². The fraction of sp³-hybridized carbons (Fsp3) is 0.300. The van der Waals surface area contributed by atoms with E-state index in [4.69, 9.17) is 14.2 Å². The molecule has 0 aliphatic carbocycles. The molecule has 1 unspecified atom stereocenters. The van der Waals surface area contributed by atoms with E-state index in [1.54, 1.807) is 7.11 Å². The van der Waals surface area contributed by atoms with E-state index in [-0.39, 0.29) is 12.8 Å². The van der Waals surface area contributed by atoms with Crippen LogP contribution in [-0.4, -0.2) is 27.5 Å². The molecule has 2 aromatic carbocycles. The van der Waals surface area contributed by atoms with Crippen molar-refractivity contribution in [1.29, 1.82) is 0 Å². The maximum absolute atomic E-state index is 5.70. The van der Waals surface area contributed by atoms with Crippen LogP contribution in [0.3, 0.4) is 0 Å². The van der Waals surface area contributed by atoms with Crippen LogP contribution in [-0.2, 0) is 6.42 Å². The number of hydrogen-bond donors (Lipinski definition) is 1. The first kappa shape index (κ1) is 14.9. The largest absolute Gasteiger partial charge is 0.492 e. The average molecular weight is 322 g/mol. The van der Waals surface area contributed by atoms with E-state index in [9.17, 15) is 0 Å². The van der Waals surface area contributed by atoms with Crippen LogP contribution in [0.4, 0.5) is 0 Å². The lowest BCUT2D eigenvalue weighted by Crippen LogP contribution is -3.10. The summed E-state index contributed by atoms with van der Waals surface area (Å²) in [4.78, 5) is 1.36. The van der Waals surface area contributed by atoms with Crippen LogP contribution in [0.25, 0.3) is 0 Å². The second kappa shape index (κ2) is 6.10. The molecule has 0 radical (unpaired) electrons. The van der Waals surface area contributed by atoms with Crippen LogP contribution >= 0.6 is 0 Å². The molecule has 0 fully saturated rings. The number of nitrogens with one attached hydrogen (secondary N) is 1. The lowest BCUT2D eigenvalue weighted by atomic mass is 9.91. The lowest BCUT2D eigenvalue weighted by Gasteiger charge is -2.29. The number of benzene rings is 2. The molecular formula is C20H20NO3+. The molecule has 2 aliphatic heterocycles. The van der Waals surface area contributed by atoms with Gasteiger partial charge in [0, 0.05) is 12.0 Å². The third kappa shape index (κ3) is 2.47. The molecule has 0 saturated carbocycles. The van der Waals surface area contributed by atoms with Gasteiger partial charge in [0.15, 0.2) is 17.5 Å². The van der Waals surface area contributed by atoms with Crippen molar-refractivity contribution in [3.8, 4) is 29.1 Å². The quantitative estimate of drug-likeness (QED) is 0.809. The summed E-state index contributed by atoms with van der Waals surface area (Å²) in [5.41, 5.74) is 3.40. The molecule has 24 heavy (non-hydrogen) atoms.